The minimum atomic E-state index is -1.08. The average Bonchev–Trinajstić information content (AvgIpc) is 3.32. The SMILES string of the molecule is N#Cc1ccc(N2C(=O)C(Nc3ccc(F)c(F)c3)=C(c3cccs3)C2=O)cc1. The van der Waals surface area contributed by atoms with Gasteiger partial charge < -0.3 is 5.32 Å². The minimum absolute atomic E-state index is 0.0344. The zero-order valence-corrected chi connectivity index (χ0v) is 15.5. The first-order valence-electron chi connectivity index (χ1n) is 8.39. The number of nitriles is 1. The Morgan fingerprint density at radius 2 is 1.72 bits per heavy atom. The van der Waals surface area contributed by atoms with Crippen LogP contribution in [0.25, 0.3) is 5.57 Å². The Kier molecular flexibility index (Phi) is 4.66. The van der Waals surface area contributed by atoms with Crippen molar-refractivity contribution in [2.75, 3.05) is 10.2 Å². The lowest BCUT2D eigenvalue weighted by atomic mass is 10.1. The highest BCUT2D eigenvalue weighted by Crippen LogP contribution is 2.35. The van der Waals surface area contributed by atoms with E-state index < -0.39 is 23.4 Å². The fourth-order valence-electron chi connectivity index (χ4n) is 2.93. The van der Waals surface area contributed by atoms with Crippen LogP contribution in [0.2, 0.25) is 0 Å². The molecule has 4 rings (SSSR count). The number of benzene rings is 2. The second-order valence-electron chi connectivity index (χ2n) is 6.09. The monoisotopic (exact) mass is 407 g/mol. The van der Waals surface area contributed by atoms with Gasteiger partial charge in [-0.1, -0.05) is 6.07 Å². The Bertz CT molecular complexity index is 1200. The molecule has 0 aliphatic carbocycles. The van der Waals surface area contributed by atoms with Gasteiger partial charge in [-0.15, -0.1) is 11.3 Å². The van der Waals surface area contributed by atoms with Crippen LogP contribution < -0.4 is 10.2 Å². The number of nitrogens with zero attached hydrogens (tertiary/aromatic N) is 2. The molecule has 1 aromatic heterocycles. The van der Waals surface area contributed by atoms with Crippen LogP contribution in [0.4, 0.5) is 20.2 Å². The molecule has 2 aromatic carbocycles. The number of carbonyl (C=O) groups is 2. The highest BCUT2D eigenvalue weighted by atomic mass is 32.1. The van der Waals surface area contributed by atoms with Crippen molar-refractivity contribution in [3.8, 4) is 6.07 Å². The van der Waals surface area contributed by atoms with Crippen molar-refractivity contribution in [2.45, 2.75) is 0 Å². The van der Waals surface area contributed by atoms with Crippen LogP contribution in [-0.2, 0) is 9.59 Å². The van der Waals surface area contributed by atoms with Gasteiger partial charge in [0.25, 0.3) is 11.8 Å². The number of carbonyl (C=O) groups excluding carboxylic acids is 2. The maximum atomic E-state index is 13.6. The van der Waals surface area contributed by atoms with Gasteiger partial charge in [0.1, 0.15) is 5.70 Å². The first-order chi connectivity index (χ1) is 14.0. The molecule has 5 nitrogen and oxygen atoms in total. The van der Waals surface area contributed by atoms with Gasteiger partial charge in [0, 0.05) is 16.6 Å². The molecule has 0 fully saturated rings. The lowest BCUT2D eigenvalue weighted by molar-refractivity contribution is -0.120. The minimum Gasteiger partial charge on any atom is -0.350 e. The summed E-state index contributed by atoms with van der Waals surface area (Å²) in [6.45, 7) is 0. The number of rotatable bonds is 4. The third-order valence-corrected chi connectivity index (χ3v) is 5.18. The van der Waals surface area contributed by atoms with Gasteiger partial charge in [-0.2, -0.15) is 5.26 Å². The molecule has 1 N–H and O–H groups in total. The molecule has 0 unspecified atom stereocenters. The molecule has 0 radical (unpaired) electrons. The quantitative estimate of drug-likeness (QED) is 0.655. The molecule has 2 heterocycles. The Morgan fingerprint density at radius 1 is 0.966 bits per heavy atom. The maximum Gasteiger partial charge on any atom is 0.282 e. The highest BCUT2D eigenvalue weighted by Gasteiger charge is 2.40. The summed E-state index contributed by atoms with van der Waals surface area (Å²) in [5.41, 5.74) is 0.928. The molecule has 0 spiro atoms. The summed E-state index contributed by atoms with van der Waals surface area (Å²) in [6, 6.07) is 14.5. The second-order valence-corrected chi connectivity index (χ2v) is 7.03. The van der Waals surface area contributed by atoms with E-state index in [0.29, 0.717) is 16.1 Å². The normalized spacial score (nSPS) is 13.8. The van der Waals surface area contributed by atoms with Crippen molar-refractivity contribution in [1.82, 2.24) is 0 Å². The van der Waals surface area contributed by atoms with E-state index in [1.54, 1.807) is 17.5 Å². The highest BCUT2D eigenvalue weighted by molar-refractivity contribution is 7.11. The summed E-state index contributed by atoms with van der Waals surface area (Å²) >= 11 is 1.27. The second kappa shape index (κ2) is 7.30. The molecule has 2 amide bonds. The molecular formula is C21H11F2N3O2S. The van der Waals surface area contributed by atoms with Crippen LogP contribution in [-0.4, -0.2) is 11.8 Å². The van der Waals surface area contributed by atoms with Gasteiger partial charge in [0.05, 0.1) is 22.9 Å². The van der Waals surface area contributed by atoms with E-state index in [1.807, 2.05) is 6.07 Å². The molecule has 8 heteroatoms. The van der Waals surface area contributed by atoms with E-state index in [2.05, 4.69) is 5.32 Å². The summed E-state index contributed by atoms with van der Waals surface area (Å²) in [4.78, 5) is 27.7. The number of imide groups is 1. The number of anilines is 2. The Balaban J connectivity index is 1.78. The van der Waals surface area contributed by atoms with Gasteiger partial charge in [0.2, 0.25) is 0 Å². The van der Waals surface area contributed by atoms with Gasteiger partial charge in [0.15, 0.2) is 11.6 Å². The Hall–Kier alpha value is -3.83. The van der Waals surface area contributed by atoms with E-state index in [-0.39, 0.29) is 17.0 Å². The summed E-state index contributed by atoms with van der Waals surface area (Å²) < 4.78 is 26.8. The van der Waals surface area contributed by atoms with Crippen molar-refractivity contribution in [1.29, 1.82) is 5.26 Å². The van der Waals surface area contributed by atoms with Gasteiger partial charge in [-0.3, -0.25) is 9.59 Å². The summed E-state index contributed by atoms with van der Waals surface area (Å²) in [5, 5.41) is 13.5. The van der Waals surface area contributed by atoms with E-state index in [9.17, 15) is 18.4 Å². The molecule has 0 bridgehead atoms. The fourth-order valence-corrected chi connectivity index (χ4v) is 3.70. The summed E-state index contributed by atoms with van der Waals surface area (Å²) in [6.07, 6.45) is 0. The van der Waals surface area contributed by atoms with Gasteiger partial charge in [-0.05, 0) is 47.8 Å². The zero-order valence-electron chi connectivity index (χ0n) is 14.6. The molecule has 0 atom stereocenters. The smallest absolute Gasteiger partial charge is 0.282 e. The average molecular weight is 407 g/mol. The van der Waals surface area contributed by atoms with Gasteiger partial charge >= 0.3 is 0 Å². The maximum absolute atomic E-state index is 13.6. The molecule has 0 saturated heterocycles. The lowest BCUT2D eigenvalue weighted by Crippen LogP contribution is -2.32. The molecule has 3 aromatic rings. The van der Waals surface area contributed by atoms with E-state index in [1.165, 1.54) is 41.7 Å². The first kappa shape index (κ1) is 18.5. The lowest BCUT2D eigenvalue weighted by Gasteiger charge is -2.15. The first-order valence-corrected chi connectivity index (χ1v) is 9.26. The summed E-state index contributed by atoms with van der Waals surface area (Å²) in [5.74, 6) is -3.27. The number of thiophene rings is 1. The standard InChI is InChI=1S/C21H11F2N3O2S/c22-15-8-5-13(10-16(15)23)25-19-18(17-2-1-9-29-17)20(27)26(21(19)28)14-6-3-12(11-24)4-7-14/h1-10,25H. The van der Waals surface area contributed by atoms with Crippen LogP contribution in [0.15, 0.2) is 65.7 Å². The van der Waals surface area contributed by atoms with E-state index in [0.717, 1.165) is 17.0 Å². The van der Waals surface area contributed by atoms with Crippen molar-refractivity contribution in [3.63, 3.8) is 0 Å². The van der Waals surface area contributed by atoms with Crippen LogP contribution in [0.1, 0.15) is 10.4 Å². The number of hydrogen-bond donors (Lipinski definition) is 1. The van der Waals surface area contributed by atoms with Crippen molar-refractivity contribution < 1.29 is 18.4 Å². The summed E-state index contributed by atoms with van der Waals surface area (Å²) in [7, 11) is 0. The molecule has 1 aliphatic rings. The number of halogens is 2. The van der Waals surface area contributed by atoms with Crippen molar-refractivity contribution >= 4 is 40.1 Å². The molecular weight excluding hydrogens is 396 g/mol. The topological polar surface area (TPSA) is 73.2 Å². The third kappa shape index (κ3) is 3.28. The predicted octanol–water partition coefficient (Wildman–Crippen LogP) is 4.29. The largest absolute Gasteiger partial charge is 0.350 e. The third-order valence-electron chi connectivity index (χ3n) is 4.30. The number of hydrogen-bond acceptors (Lipinski definition) is 5. The zero-order chi connectivity index (χ0) is 20.5. The predicted molar refractivity (Wildman–Crippen MR) is 105 cm³/mol. The van der Waals surface area contributed by atoms with Crippen LogP contribution in [0, 0.1) is 23.0 Å². The van der Waals surface area contributed by atoms with Crippen molar-refractivity contribution in [2.24, 2.45) is 0 Å². The van der Waals surface area contributed by atoms with Crippen molar-refractivity contribution in [3.05, 3.63) is 87.7 Å². The molecule has 142 valence electrons. The van der Waals surface area contributed by atoms with Gasteiger partial charge in [-0.25, -0.2) is 13.7 Å². The van der Waals surface area contributed by atoms with Crippen LogP contribution in [0.3, 0.4) is 0 Å². The Labute approximate surface area is 168 Å². The molecule has 29 heavy (non-hydrogen) atoms. The van der Waals surface area contributed by atoms with Crippen LogP contribution >= 0.6 is 11.3 Å². The van der Waals surface area contributed by atoms with E-state index >= 15 is 0 Å². The molecule has 1 aliphatic heterocycles. The Morgan fingerprint density at radius 3 is 2.34 bits per heavy atom. The number of amides is 2. The van der Waals surface area contributed by atoms with E-state index in [4.69, 9.17) is 5.26 Å². The molecule has 0 saturated carbocycles. The number of nitrogens with one attached hydrogen (secondary N) is 1. The fraction of sp³-hybridized carbons (Fsp3) is 0. The van der Waals surface area contributed by atoms with Crippen LogP contribution in [0.5, 0.6) is 0 Å².